The molecule has 0 fully saturated rings. The molecule has 2 heterocycles. The number of nitrogens with one attached hydrogen (secondary N) is 2. The molecule has 5 aromatic rings. The summed E-state index contributed by atoms with van der Waals surface area (Å²) in [7, 11) is 6.58. The first-order valence-corrected chi connectivity index (χ1v) is 11.6. The zero-order valence-electron chi connectivity index (χ0n) is 21.0. The summed E-state index contributed by atoms with van der Waals surface area (Å²) >= 11 is 0. The lowest BCUT2D eigenvalue weighted by Gasteiger charge is -2.16. The smallest absolute Gasteiger partial charge is 0.208 e. The minimum Gasteiger partial charge on any atom is -0.493 e. The van der Waals surface area contributed by atoms with Crippen LogP contribution in [-0.2, 0) is 0 Å². The van der Waals surface area contributed by atoms with Crippen LogP contribution >= 0.6 is 0 Å². The summed E-state index contributed by atoms with van der Waals surface area (Å²) in [5.74, 6) is 4.46. The number of methoxy groups -OCH3 is 3. The number of fused-ring (bicyclic) bond motifs is 1. The van der Waals surface area contributed by atoms with Gasteiger partial charge in [0, 0.05) is 30.9 Å². The Morgan fingerprint density at radius 2 is 1.46 bits per heavy atom. The van der Waals surface area contributed by atoms with Crippen molar-refractivity contribution in [3.63, 3.8) is 0 Å². The molecule has 0 radical (unpaired) electrons. The lowest BCUT2D eigenvalue weighted by molar-refractivity contribution is 0.324. The van der Waals surface area contributed by atoms with E-state index < -0.39 is 0 Å². The number of benzene rings is 3. The van der Waals surface area contributed by atoms with Crippen molar-refractivity contribution in [3.8, 4) is 34.4 Å². The number of imidazole rings is 1. The van der Waals surface area contributed by atoms with Gasteiger partial charge in [0.25, 0.3) is 0 Å². The van der Waals surface area contributed by atoms with E-state index in [1.165, 1.54) is 0 Å². The number of para-hydroxylation sites is 1. The molecule has 0 aliphatic rings. The standard InChI is InChI=1S/C28H27N5O4/c1-29-28-32-22-17-30-26(31-18-10-12-21(13-11-18)37-20-8-6-5-7-9-20)16-23(22)33(28)19-14-24(34-2)27(36-4)25(15-19)35-3/h5-17H,1-4H3,(H,29,32)(H,30,31). The maximum Gasteiger partial charge on any atom is 0.208 e. The second-order valence-corrected chi connectivity index (χ2v) is 8.03. The lowest BCUT2D eigenvalue weighted by Crippen LogP contribution is -2.04. The molecule has 0 unspecified atom stereocenters. The third kappa shape index (κ3) is 4.79. The van der Waals surface area contributed by atoms with Gasteiger partial charge in [-0.1, -0.05) is 18.2 Å². The third-order valence-corrected chi connectivity index (χ3v) is 5.78. The Morgan fingerprint density at radius 3 is 2.08 bits per heavy atom. The van der Waals surface area contributed by atoms with E-state index in [1.54, 1.807) is 27.5 Å². The van der Waals surface area contributed by atoms with Crippen molar-refractivity contribution in [1.29, 1.82) is 0 Å². The van der Waals surface area contributed by atoms with Gasteiger partial charge in [0.05, 0.1) is 38.7 Å². The summed E-state index contributed by atoms with van der Waals surface area (Å²) in [6.07, 6.45) is 1.74. The van der Waals surface area contributed by atoms with E-state index in [4.69, 9.17) is 23.9 Å². The van der Waals surface area contributed by atoms with Gasteiger partial charge in [0.1, 0.15) is 22.8 Å². The zero-order chi connectivity index (χ0) is 25.8. The van der Waals surface area contributed by atoms with Gasteiger partial charge in [-0.2, -0.15) is 0 Å². The summed E-state index contributed by atoms with van der Waals surface area (Å²) in [5.41, 5.74) is 3.25. The summed E-state index contributed by atoms with van der Waals surface area (Å²) in [6.45, 7) is 0. The highest BCUT2D eigenvalue weighted by atomic mass is 16.5. The van der Waals surface area contributed by atoms with Gasteiger partial charge < -0.3 is 29.6 Å². The van der Waals surface area contributed by atoms with Crippen molar-refractivity contribution in [2.75, 3.05) is 39.0 Å². The average molecular weight is 498 g/mol. The molecule has 0 spiro atoms. The number of ether oxygens (including phenoxy) is 4. The van der Waals surface area contributed by atoms with Crippen LogP contribution in [0.1, 0.15) is 0 Å². The van der Waals surface area contributed by atoms with Gasteiger partial charge in [-0.25, -0.2) is 9.97 Å². The second-order valence-electron chi connectivity index (χ2n) is 8.03. The van der Waals surface area contributed by atoms with Crippen LogP contribution in [0.25, 0.3) is 16.7 Å². The van der Waals surface area contributed by atoms with E-state index in [0.29, 0.717) is 29.0 Å². The number of hydrogen-bond donors (Lipinski definition) is 2. The molecule has 0 aliphatic carbocycles. The van der Waals surface area contributed by atoms with Crippen molar-refractivity contribution in [2.45, 2.75) is 0 Å². The zero-order valence-corrected chi connectivity index (χ0v) is 21.0. The number of nitrogens with zero attached hydrogens (tertiary/aromatic N) is 3. The first-order valence-electron chi connectivity index (χ1n) is 11.6. The highest BCUT2D eigenvalue weighted by molar-refractivity contribution is 5.84. The van der Waals surface area contributed by atoms with Crippen molar-refractivity contribution in [2.24, 2.45) is 0 Å². The van der Waals surface area contributed by atoms with E-state index >= 15 is 0 Å². The normalized spacial score (nSPS) is 10.7. The maximum absolute atomic E-state index is 5.88. The Kier molecular flexibility index (Phi) is 6.67. The van der Waals surface area contributed by atoms with E-state index in [1.807, 2.05) is 84.4 Å². The van der Waals surface area contributed by atoms with Crippen molar-refractivity contribution >= 4 is 28.5 Å². The molecule has 9 heteroatoms. The molecule has 0 bridgehead atoms. The molecule has 0 amide bonds. The van der Waals surface area contributed by atoms with Crippen LogP contribution in [0.2, 0.25) is 0 Å². The summed E-state index contributed by atoms with van der Waals surface area (Å²) < 4.78 is 24.5. The van der Waals surface area contributed by atoms with E-state index in [9.17, 15) is 0 Å². The molecule has 37 heavy (non-hydrogen) atoms. The number of rotatable bonds is 9. The minimum atomic E-state index is 0.521. The largest absolute Gasteiger partial charge is 0.493 e. The molecule has 3 aromatic carbocycles. The van der Waals surface area contributed by atoms with Gasteiger partial charge >= 0.3 is 0 Å². The van der Waals surface area contributed by atoms with Crippen LogP contribution < -0.4 is 29.6 Å². The quantitative estimate of drug-likeness (QED) is 0.255. The Bertz CT molecular complexity index is 1490. The number of hydrogen-bond acceptors (Lipinski definition) is 8. The van der Waals surface area contributed by atoms with Crippen LogP contribution in [0, 0.1) is 0 Å². The van der Waals surface area contributed by atoms with Gasteiger partial charge in [0.15, 0.2) is 11.5 Å². The number of pyridine rings is 1. The molecule has 0 saturated carbocycles. The highest BCUT2D eigenvalue weighted by Crippen LogP contribution is 2.41. The average Bonchev–Trinajstić information content (AvgIpc) is 3.31. The fraction of sp³-hybridized carbons (Fsp3) is 0.143. The Balaban J connectivity index is 1.48. The summed E-state index contributed by atoms with van der Waals surface area (Å²) in [4.78, 5) is 9.25. The lowest BCUT2D eigenvalue weighted by atomic mass is 10.2. The molecular formula is C28H27N5O4. The molecule has 9 nitrogen and oxygen atoms in total. The fourth-order valence-electron chi connectivity index (χ4n) is 4.05. The number of anilines is 3. The van der Waals surface area contributed by atoms with E-state index in [2.05, 4.69) is 15.6 Å². The van der Waals surface area contributed by atoms with Crippen LogP contribution in [-0.4, -0.2) is 42.9 Å². The van der Waals surface area contributed by atoms with Crippen LogP contribution in [0.15, 0.2) is 79.0 Å². The molecule has 0 atom stereocenters. The van der Waals surface area contributed by atoms with Gasteiger partial charge in [-0.05, 0) is 36.4 Å². The van der Waals surface area contributed by atoms with Gasteiger partial charge in [0.2, 0.25) is 11.7 Å². The van der Waals surface area contributed by atoms with Crippen LogP contribution in [0.4, 0.5) is 17.5 Å². The Hall–Kier alpha value is -4.92. The molecule has 0 saturated heterocycles. The van der Waals surface area contributed by atoms with Crippen molar-refractivity contribution in [3.05, 3.63) is 79.0 Å². The third-order valence-electron chi connectivity index (χ3n) is 5.78. The summed E-state index contributed by atoms with van der Waals surface area (Å²) in [5, 5.41) is 6.52. The van der Waals surface area contributed by atoms with Crippen molar-refractivity contribution in [1.82, 2.24) is 14.5 Å². The van der Waals surface area contributed by atoms with Gasteiger partial charge in [-0.15, -0.1) is 0 Å². The monoisotopic (exact) mass is 497 g/mol. The minimum absolute atomic E-state index is 0.521. The molecule has 5 rings (SSSR count). The van der Waals surface area contributed by atoms with Crippen LogP contribution in [0.5, 0.6) is 28.7 Å². The highest BCUT2D eigenvalue weighted by Gasteiger charge is 2.19. The van der Waals surface area contributed by atoms with Crippen molar-refractivity contribution < 1.29 is 18.9 Å². The first kappa shape index (κ1) is 23.8. The topological polar surface area (TPSA) is 91.7 Å². The SMILES string of the molecule is CNc1nc2cnc(Nc3ccc(Oc4ccccc4)cc3)cc2n1-c1cc(OC)c(OC)c(OC)c1. The van der Waals surface area contributed by atoms with E-state index in [0.717, 1.165) is 33.9 Å². The fourth-order valence-corrected chi connectivity index (χ4v) is 4.05. The summed E-state index contributed by atoms with van der Waals surface area (Å²) in [6, 6.07) is 23.1. The molecular weight excluding hydrogens is 470 g/mol. The maximum atomic E-state index is 5.88. The van der Waals surface area contributed by atoms with Crippen LogP contribution in [0.3, 0.4) is 0 Å². The molecule has 2 N–H and O–H groups in total. The molecule has 188 valence electrons. The number of aromatic nitrogens is 3. The molecule has 0 aliphatic heterocycles. The Morgan fingerprint density at radius 1 is 0.784 bits per heavy atom. The predicted molar refractivity (Wildman–Crippen MR) is 144 cm³/mol. The Labute approximate surface area is 214 Å². The van der Waals surface area contributed by atoms with Gasteiger partial charge in [-0.3, -0.25) is 4.57 Å². The first-order chi connectivity index (χ1) is 18.1. The second kappa shape index (κ2) is 10.4. The van der Waals surface area contributed by atoms with E-state index in [-0.39, 0.29) is 0 Å². The molecule has 2 aromatic heterocycles. The predicted octanol–water partition coefficient (Wildman–Crippen LogP) is 6.02.